The highest BCUT2D eigenvalue weighted by molar-refractivity contribution is 6.33. The number of hydrogen-bond donors (Lipinski definition) is 2. The largest absolute Gasteiger partial charge is 0.396 e. The molecule has 2 nitrogen and oxygen atoms in total. The van der Waals surface area contributed by atoms with Gasteiger partial charge < -0.3 is 11.1 Å². The summed E-state index contributed by atoms with van der Waals surface area (Å²) in [5.41, 5.74) is 6.75. The lowest BCUT2D eigenvalue weighted by Gasteiger charge is -2.07. The van der Waals surface area contributed by atoms with Crippen molar-refractivity contribution in [2.45, 2.75) is 0 Å². The fourth-order valence-electron chi connectivity index (χ4n) is 0.873. The van der Waals surface area contributed by atoms with Crippen molar-refractivity contribution in [1.29, 1.82) is 0 Å². The molecule has 0 aliphatic carbocycles. The predicted molar refractivity (Wildman–Crippen MR) is 50.3 cm³/mol. The molecule has 0 aliphatic rings. The van der Waals surface area contributed by atoms with Crippen LogP contribution in [0.4, 0.5) is 15.8 Å². The molecule has 0 aliphatic heterocycles. The number of hydrogen-bond acceptors (Lipinski definition) is 2. The predicted octanol–water partition coefficient (Wildman–Crippen LogP) is 2.30. The maximum absolute atomic E-state index is 11.8. The van der Waals surface area contributed by atoms with Crippen molar-refractivity contribution in [3.63, 3.8) is 0 Å². The molecule has 66 valence electrons. The zero-order chi connectivity index (χ0) is 8.97. The fraction of sp³-hybridized carbons (Fsp3) is 0.250. The summed E-state index contributed by atoms with van der Waals surface area (Å²) >= 11 is 5.73. The van der Waals surface area contributed by atoms with Crippen LogP contribution in [0.1, 0.15) is 0 Å². The average Bonchev–Trinajstić information content (AvgIpc) is 2.08. The topological polar surface area (TPSA) is 38.0 Å². The highest BCUT2D eigenvalue weighted by Crippen LogP contribution is 2.26. The second kappa shape index (κ2) is 4.16. The van der Waals surface area contributed by atoms with Gasteiger partial charge >= 0.3 is 0 Å². The van der Waals surface area contributed by atoms with Gasteiger partial charge in [0, 0.05) is 6.54 Å². The Labute approximate surface area is 75.5 Å². The van der Waals surface area contributed by atoms with Gasteiger partial charge in [-0.15, -0.1) is 0 Å². The third-order valence-corrected chi connectivity index (χ3v) is 1.79. The maximum Gasteiger partial charge on any atom is 0.107 e. The maximum atomic E-state index is 11.8. The Hall–Kier alpha value is -0.960. The summed E-state index contributed by atoms with van der Waals surface area (Å²) in [7, 11) is 0. The summed E-state index contributed by atoms with van der Waals surface area (Å²) in [4.78, 5) is 0. The van der Waals surface area contributed by atoms with Gasteiger partial charge in [-0.2, -0.15) is 0 Å². The molecular formula is C8H10ClFN2. The normalized spacial score (nSPS) is 9.83. The molecule has 0 amide bonds. The van der Waals surface area contributed by atoms with Crippen molar-refractivity contribution in [1.82, 2.24) is 0 Å². The molecule has 0 heterocycles. The fourth-order valence-corrected chi connectivity index (χ4v) is 1.05. The minimum Gasteiger partial charge on any atom is -0.396 e. The van der Waals surface area contributed by atoms with Gasteiger partial charge in [-0.25, -0.2) is 4.39 Å². The number of benzene rings is 1. The van der Waals surface area contributed by atoms with Gasteiger partial charge in [0.25, 0.3) is 0 Å². The lowest BCUT2D eigenvalue weighted by atomic mass is 10.2. The minimum atomic E-state index is -0.425. The van der Waals surface area contributed by atoms with Crippen LogP contribution >= 0.6 is 11.6 Å². The van der Waals surface area contributed by atoms with Gasteiger partial charge in [0.05, 0.1) is 16.4 Å². The molecule has 0 radical (unpaired) electrons. The van der Waals surface area contributed by atoms with Crippen LogP contribution in [0.2, 0.25) is 5.02 Å². The van der Waals surface area contributed by atoms with Crippen molar-refractivity contribution in [2.75, 3.05) is 24.3 Å². The molecule has 0 saturated carbocycles. The van der Waals surface area contributed by atoms with Crippen molar-refractivity contribution >= 4 is 23.0 Å². The van der Waals surface area contributed by atoms with Crippen molar-refractivity contribution in [3.8, 4) is 0 Å². The molecule has 0 saturated heterocycles. The van der Waals surface area contributed by atoms with Crippen molar-refractivity contribution < 1.29 is 4.39 Å². The smallest absolute Gasteiger partial charge is 0.107 e. The Kier molecular flexibility index (Phi) is 3.17. The molecule has 0 fully saturated rings. The first-order chi connectivity index (χ1) is 5.75. The second-order valence-electron chi connectivity index (χ2n) is 2.32. The van der Waals surface area contributed by atoms with E-state index in [4.69, 9.17) is 17.3 Å². The first-order valence-electron chi connectivity index (χ1n) is 3.59. The lowest BCUT2D eigenvalue weighted by Crippen LogP contribution is -2.05. The van der Waals surface area contributed by atoms with Gasteiger partial charge in [0.15, 0.2) is 0 Å². The molecule has 3 N–H and O–H groups in total. The Morgan fingerprint density at radius 2 is 2.25 bits per heavy atom. The van der Waals surface area contributed by atoms with Crippen LogP contribution < -0.4 is 11.1 Å². The molecule has 0 atom stereocenters. The van der Waals surface area contributed by atoms with E-state index in [-0.39, 0.29) is 6.54 Å². The van der Waals surface area contributed by atoms with Crippen LogP contribution in [0.3, 0.4) is 0 Å². The zero-order valence-electron chi connectivity index (χ0n) is 6.48. The number of nitrogen functional groups attached to an aromatic ring is 1. The third-order valence-electron chi connectivity index (χ3n) is 1.46. The minimum absolute atomic E-state index is 0.255. The lowest BCUT2D eigenvalue weighted by molar-refractivity contribution is 0.513. The highest BCUT2D eigenvalue weighted by atomic mass is 35.5. The van der Waals surface area contributed by atoms with Crippen molar-refractivity contribution in [2.24, 2.45) is 0 Å². The molecule has 1 aromatic rings. The van der Waals surface area contributed by atoms with E-state index in [1.165, 1.54) is 0 Å². The van der Waals surface area contributed by atoms with Crippen LogP contribution in [0.5, 0.6) is 0 Å². The van der Waals surface area contributed by atoms with E-state index in [2.05, 4.69) is 5.32 Å². The molecule has 1 rings (SSSR count). The number of anilines is 2. The molecule has 1 aromatic carbocycles. The molecule has 4 heteroatoms. The van der Waals surface area contributed by atoms with E-state index < -0.39 is 6.67 Å². The Bertz CT molecular complexity index is 265. The van der Waals surface area contributed by atoms with Crippen LogP contribution in [0.15, 0.2) is 18.2 Å². The Balaban J connectivity index is 2.78. The van der Waals surface area contributed by atoms with Crippen LogP contribution in [0, 0.1) is 0 Å². The summed E-state index contributed by atoms with van der Waals surface area (Å²) in [6, 6.07) is 5.22. The molecule has 0 spiro atoms. The van der Waals surface area contributed by atoms with Gasteiger partial charge in [0.1, 0.15) is 6.67 Å². The third kappa shape index (κ3) is 2.01. The SMILES string of the molecule is Nc1c(Cl)cccc1NCCF. The van der Waals surface area contributed by atoms with Gasteiger partial charge in [-0.05, 0) is 12.1 Å². The van der Waals surface area contributed by atoms with E-state index >= 15 is 0 Å². The van der Waals surface area contributed by atoms with E-state index in [1.807, 2.05) is 0 Å². The van der Waals surface area contributed by atoms with Crippen molar-refractivity contribution in [3.05, 3.63) is 23.2 Å². The molecule has 0 aromatic heterocycles. The molecule has 0 unspecified atom stereocenters. The standard InChI is InChI=1S/C8H10ClFN2/c9-6-2-1-3-7(8(6)11)12-5-4-10/h1-3,12H,4-5,11H2. The van der Waals surface area contributed by atoms with E-state index in [9.17, 15) is 4.39 Å². The number of nitrogens with two attached hydrogens (primary N) is 1. The highest BCUT2D eigenvalue weighted by Gasteiger charge is 2.00. The van der Waals surface area contributed by atoms with Crippen LogP contribution in [-0.4, -0.2) is 13.2 Å². The summed E-state index contributed by atoms with van der Waals surface area (Å²) in [5, 5.41) is 3.30. The quantitative estimate of drug-likeness (QED) is 0.715. The second-order valence-corrected chi connectivity index (χ2v) is 2.72. The number of alkyl halides is 1. The molecule has 12 heavy (non-hydrogen) atoms. The summed E-state index contributed by atoms with van der Waals surface area (Å²) in [6.45, 7) is -0.170. The molecular weight excluding hydrogens is 179 g/mol. The first-order valence-corrected chi connectivity index (χ1v) is 3.97. The summed E-state index contributed by atoms with van der Waals surface area (Å²) in [6.07, 6.45) is 0. The van der Waals surface area contributed by atoms with Gasteiger partial charge in [0.2, 0.25) is 0 Å². The van der Waals surface area contributed by atoms with Gasteiger partial charge in [-0.3, -0.25) is 0 Å². The van der Waals surface area contributed by atoms with E-state index in [1.54, 1.807) is 18.2 Å². The van der Waals surface area contributed by atoms with Crippen LogP contribution in [0.25, 0.3) is 0 Å². The number of rotatable bonds is 3. The molecule has 0 bridgehead atoms. The average molecular weight is 189 g/mol. The summed E-state index contributed by atoms with van der Waals surface area (Å²) in [5.74, 6) is 0. The zero-order valence-corrected chi connectivity index (χ0v) is 7.24. The van der Waals surface area contributed by atoms with Gasteiger partial charge in [-0.1, -0.05) is 17.7 Å². The summed E-state index contributed by atoms with van der Waals surface area (Å²) < 4.78 is 11.8. The number of para-hydroxylation sites is 1. The first kappa shape index (κ1) is 9.13. The van der Waals surface area contributed by atoms with E-state index in [0.29, 0.717) is 16.4 Å². The Morgan fingerprint density at radius 1 is 1.50 bits per heavy atom. The van der Waals surface area contributed by atoms with E-state index in [0.717, 1.165) is 0 Å². The number of halogens is 2. The monoisotopic (exact) mass is 188 g/mol. The Morgan fingerprint density at radius 3 is 2.92 bits per heavy atom. The van der Waals surface area contributed by atoms with Crippen LogP contribution in [-0.2, 0) is 0 Å². The number of nitrogens with one attached hydrogen (secondary N) is 1.